The van der Waals surface area contributed by atoms with E-state index in [0.29, 0.717) is 35.5 Å². The molecule has 1 aliphatic rings. The lowest BCUT2D eigenvalue weighted by Crippen LogP contribution is -2.46. The molecule has 1 saturated heterocycles. The van der Waals surface area contributed by atoms with Crippen molar-refractivity contribution in [2.45, 2.75) is 26.1 Å². The minimum Gasteiger partial charge on any atom is -0.372 e. The number of hydrogen-bond donors (Lipinski definition) is 0. The number of carbonyl (C=O) groups excluding carboxylic acids is 1. The van der Waals surface area contributed by atoms with E-state index < -0.39 is 5.82 Å². The molecule has 1 aliphatic heterocycles. The molecular formula is C17H16FN3O3S. The number of benzene rings is 1. The number of rotatable bonds is 3. The molecule has 130 valence electrons. The van der Waals surface area contributed by atoms with Gasteiger partial charge in [-0.15, -0.1) is 11.3 Å². The van der Waals surface area contributed by atoms with Crippen molar-refractivity contribution in [3.05, 3.63) is 29.0 Å². The number of hydrogen-bond acceptors (Lipinski definition) is 7. The fraction of sp³-hybridized carbons (Fsp3) is 0.353. The third-order valence-electron chi connectivity index (χ3n) is 4.21. The number of aromatic nitrogens is 2. The van der Waals surface area contributed by atoms with Gasteiger partial charge in [-0.3, -0.25) is 4.79 Å². The molecule has 3 aromatic rings. The number of thiazole rings is 1. The van der Waals surface area contributed by atoms with Crippen molar-refractivity contribution >= 4 is 34.3 Å². The largest absolute Gasteiger partial charge is 0.372 e. The molecule has 2 aromatic heterocycles. The lowest BCUT2D eigenvalue weighted by atomic mass is 10.1. The zero-order chi connectivity index (χ0) is 17.6. The molecular weight excluding hydrogens is 345 g/mol. The predicted molar refractivity (Wildman–Crippen MR) is 92.7 cm³/mol. The Labute approximate surface area is 147 Å². The third-order valence-corrected chi connectivity index (χ3v) is 4.99. The summed E-state index contributed by atoms with van der Waals surface area (Å²) in [4.78, 5) is 17.7. The van der Waals surface area contributed by atoms with Crippen LogP contribution in [0.3, 0.4) is 0 Å². The van der Waals surface area contributed by atoms with E-state index in [1.807, 2.05) is 18.7 Å². The van der Waals surface area contributed by atoms with Crippen LogP contribution >= 0.6 is 11.3 Å². The molecule has 0 N–H and O–H groups in total. The van der Waals surface area contributed by atoms with Crippen LogP contribution in [-0.2, 0) is 4.74 Å². The van der Waals surface area contributed by atoms with Crippen LogP contribution in [0.25, 0.3) is 21.7 Å². The van der Waals surface area contributed by atoms with E-state index >= 15 is 4.39 Å². The van der Waals surface area contributed by atoms with E-state index in [1.54, 1.807) is 17.6 Å². The van der Waals surface area contributed by atoms with Gasteiger partial charge in [0.25, 0.3) is 0 Å². The first-order valence-electron chi connectivity index (χ1n) is 7.95. The molecule has 1 aromatic carbocycles. The van der Waals surface area contributed by atoms with Crippen LogP contribution < -0.4 is 4.90 Å². The maximum absolute atomic E-state index is 15.2. The number of morpholine rings is 1. The second-order valence-corrected chi connectivity index (χ2v) is 7.05. The van der Waals surface area contributed by atoms with E-state index in [1.165, 1.54) is 11.3 Å². The summed E-state index contributed by atoms with van der Waals surface area (Å²) >= 11 is 1.38. The van der Waals surface area contributed by atoms with E-state index in [9.17, 15) is 4.79 Å². The van der Waals surface area contributed by atoms with E-state index in [4.69, 9.17) is 9.26 Å². The summed E-state index contributed by atoms with van der Waals surface area (Å²) in [7, 11) is 0. The highest BCUT2D eigenvalue weighted by atomic mass is 32.1. The van der Waals surface area contributed by atoms with Crippen molar-refractivity contribution in [1.82, 2.24) is 10.1 Å². The molecule has 0 radical (unpaired) electrons. The van der Waals surface area contributed by atoms with Gasteiger partial charge in [0.2, 0.25) is 5.58 Å². The quantitative estimate of drug-likeness (QED) is 0.665. The molecule has 0 spiro atoms. The van der Waals surface area contributed by atoms with Gasteiger partial charge in [-0.1, -0.05) is 5.16 Å². The van der Waals surface area contributed by atoms with E-state index in [0.717, 1.165) is 0 Å². The zero-order valence-corrected chi connectivity index (χ0v) is 14.5. The van der Waals surface area contributed by atoms with E-state index in [2.05, 4.69) is 10.1 Å². The molecule has 2 unspecified atom stereocenters. The summed E-state index contributed by atoms with van der Waals surface area (Å²) in [5, 5.41) is 6.84. The van der Waals surface area contributed by atoms with Gasteiger partial charge in [0.1, 0.15) is 10.7 Å². The lowest BCUT2D eigenvalue weighted by Gasteiger charge is -2.37. The van der Waals surface area contributed by atoms with Crippen LogP contribution in [0.5, 0.6) is 0 Å². The average Bonchev–Trinajstić information content (AvgIpc) is 3.22. The van der Waals surface area contributed by atoms with Crippen molar-refractivity contribution < 1.29 is 18.4 Å². The fourth-order valence-corrected chi connectivity index (χ4v) is 3.95. The number of ether oxygens (including phenoxy) is 1. The van der Waals surface area contributed by atoms with Crippen molar-refractivity contribution in [2.75, 3.05) is 18.0 Å². The van der Waals surface area contributed by atoms with Gasteiger partial charge >= 0.3 is 0 Å². The summed E-state index contributed by atoms with van der Waals surface area (Å²) in [5.74, 6) is -0.573. The third kappa shape index (κ3) is 2.71. The number of fused-ring (bicyclic) bond motifs is 1. The standard InChI is InChI=1S/C17H16FN3O3S/c1-9-6-21(7-10(2)23-9)15-11(8-22)5-12-14(17-19-3-4-25-17)20-24-16(12)13(15)18/h3-5,8-10H,6-7H2,1-2H3. The van der Waals surface area contributed by atoms with Crippen LogP contribution in [0.15, 0.2) is 22.2 Å². The highest BCUT2D eigenvalue weighted by molar-refractivity contribution is 7.13. The maximum atomic E-state index is 15.2. The summed E-state index contributed by atoms with van der Waals surface area (Å²) < 4.78 is 26.2. The Morgan fingerprint density at radius 3 is 2.76 bits per heavy atom. The molecule has 0 aliphatic carbocycles. The Morgan fingerprint density at radius 1 is 1.36 bits per heavy atom. The summed E-state index contributed by atoms with van der Waals surface area (Å²) in [5.41, 5.74) is 0.999. The van der Waals surface area contributed by atoms with Crippen molar-refractivity contribution in [2.24, 2.45) is 0 Å². The molecule has 8 heteroatoms. The highest BCUT2D eigenvalue weighted by Gasteiger charge is 2.29. The minimum atomic E-state index is -0.573. The van der Waals surface area contributed by atoms with Gasteiger partial charge in [-0.05, 0) is 19.9 Å². The number of nitrogens with zero attached hydrogens (tertiary/aromatic N) is 3. The van der Waals surface area contributed by atoms with Crippen molar-refractivity contribution in [3.8, 4) is 10.7 Å². The molecule has 3 heterocycles. The Kier molecular flexibility index (Phi) is 4.01. The number of halogens is 1. The highest BCUT2D eigenvalue weighted by Crippen LogP contribution is 2.37. The van der Waals surface area contributed by atoms with Crippen LogP contribution in [-0.4, -0.2) is 41.7 Å². The second-order valence-electron chi connectivity index (χ2n) is 6.15. The Balaban J connectivity index is 1.88. The van der Waals surface area contributed by atoms with Gasteiger partial charge in [-0.25, -0.2) is 9.37 Å². The van der Waals surface area contributed by atoms with Crippen LogP contribution in [0.4, 0.5) is 10.1 Å². The average molecular weight is 361 g/mol. The molecule has 0 bridgehead atoms. The van der Waals surface area contributed by atoms with Crippen LogP contribution in [0.1, 0.15) is 24.2 Å². The SMILES string of the molecule is CC1CN(c2c(C=O)cc3c(-c4nccs4)noc3c2F)CC(C)O1. The van der Waals surface area contributed by atoms with Crippen LogP contribution in [0.2, 0.25) is 0 Å². The number of aldehydes is 1. The minimum absolute atomic E-state index is 0.0394. The van der Waals surface area contributed by atoms with Gasteiger partial charge in [0.15, 0.2) is 12.1 Å². The van der Waals surface area contributed by atoms with Gasteiger partial charge in [-0.2, -0.15) is 0 Å². The predicted octanol–water partition coefficient (Wildman–Crippen LogP) is 3.52. The Morgan fingerprint density at radius 2 is 2.12 bits per heavy atom. The van der Waals surface area contributed by atoms with Crippen molar-refractivity contribution in [3.63, 3.8) is 0 Å². The van der Waals surface area contributed by atoms with Gasteiger partial charge in [0, 0.05) is 30.2 Å². The summed E-state index contributed by atoms with van der Waals surface area (Å²) in [6.45, 7) is 4.85. The maximum Gasteiger partial charge on any atom is 0.205 e. The molecule has 0 saturated carbocycles. The second kappa shape index (κ2) is 6.20. The topological polar surface area (TPSA) is 68.5 Å². The number of anilines is 1. The molecule has 6 nitrogen and oxygen atoms in total. The number of carbonyl (C=O) groups is 1. The van der Waals surface area contributed by atoms with Gasteiger partial charge in [0.05, 0.1) is 23.3 Å². The van der Waals surface area contributed by atoms with Gasteiger partial charge < -0.3 is 14.2 Å². The first-order chi connectivity index (χ1) is 12.1. The Bertz CT molecular complexity index is 915. The molecule has 0 amide bonds. The smallest absolute Gasteiger partial charge is 0.205 e. The molecule has 4 rings (SSSR count). The molecule has 25 heavy (non-hydrogen) atoms. The normalized spacial score (nSPS) is 21.0. The summed E-state index contributed by atoms with van der Waals surface area (Å²) in [6, 6.07) is 1.62. The first kappa shape index (κ1) is 16.2. The van der Waals surface area contributed by atoms with Crippen molar-refractivity contribution in [1.29, 1.82) is 0 Å². The summed E-state index contributed by atoms with van der Waals surface area (Å²) in [6.07, 6.45) is 2.20. The molecule has 2 atom stereocenters. The zero-order valence-electron chi connectivity index (χ0n) is 13.7. The Hall–Kier alpha value is -2.32. The fourth-order valence-electron chi connectivity index (χ4n) is 3.31. The monoisotopic (exact) mass is 361 g/mol. The molecule has 1 fully saturated rings. The lowest BCUT2D eigenvalue weighted by molar-refractivity contribution is -0.00543. The van der Waals surface area contributed by atoms with Crippen LogP contribution in [0, 0.1) is 5.82 Å². The first-order valence-corrected chi connectivity index (χ1v) is 8.83. The van der Waals surface area contributed by atoms with E-state index in [-0.39, 0.29) is 29.0 Å².